The maximum atomic E-state index is 12.2. The van der Waals surface area contributed by atoms with Crippen LogP contribution in [0.15, 0.2) is 42.5 Å². The van der Waals surface area contributed by atoms with Crippen LogP contribution in [0.4, 0.5) is 0 Å². The molecule has 0 aliphatic rings. The van der Waals surface area contributed by atoms with Gasteiger partial charge in [-0.2, -0.15) is 5.21 Å². The second-order valence-electron chi connectivity index (χ2n) is 6.19. The van der Waals surface area contributed by atoms with E-state index in [1.807, 2.05) is 19.1 Å². The minimum atomic E-state index is -0.126. The predicted octanol–water partition coefficient (Wildman–Crippen LogP) is 3.14. The van der Waals surface area contributed by atoms with Crippen LogP contribution in [-0.2, 0) is 0 Å². The van der Waals surface area contributed by atoms with Crippen molar-refractivity contribution < 1.29 is 9.53 Å². The molecule has 1 heterocycles. The molecule has 0 saturated carbocycles. The largest absolute Gasteiger partial charge is 0.493 e. The Balaban J connectivity index is 1.45. The van der Waals surface area contributed by atoms with Gasteiger partial charge in [0.25, 0.3) is 5.91 Å². The molecule has 0 bridgehead atoms. The monoisotopic (exact) mass is 383 g/mol. The van der Waals surface area contributed by atoms with Gasteiger partial charge >= 0.3 is 0 Å². The highest BCUT2D eigenvalue weighted by atomic mass is 32.1. The number of nitrogens with one attached hydrogen (secondary N) is 2. The third kappa shape index (κ3) is 4.79. The van der Waals surface area contributed by atoms with Gasteiger partial charge in [0.2, 0.25) is 4.77 Å². The van der Waals surface area contributed by atoms with Gasteiger partial charge < -0.3 is 10.1 Å². The smallest absolute Gasteiger partial charge is 0.251 e. The van der Waals surface area contributed by atoms with Crippen molar-refractivity contribution in [2.24, 2.45) is 0 Å². The van der Waals surface area contributed by atoms with E-state index in [4.69, 9.17) is 17.0 Å². The summed E-state index contributed by atoms with van der Waals surface area (Å²) in [6, 6.07) is 13.1. The standard InChI is InChI=1S/C19H21N5O2S/c1-13-4-9-17(14(2)12-13)26-11-3-10-20-18(25)15-5-7-16(8-6-15)24-19(27)21-22-23-24/h4-9,12H,3,10-11H2,1-2H3,(H,20,25)(H,21,23,27). The molecule has 0 aliphatic heterocycles. The molecule has 0 spiro atoms. The second-order valence-corrected chi connectivity index (χ2v) is 6.56. The van der Waals surface area contributed by atoms with E-state index in [1.54, 1.807) is 28.9 Å². The molecule has 2 aromatic carbocycles. The summed E-state index contributed by atoms with van der Waals surface area (Å²) in [6.07, 6.45) is 0.728. The van der Waals surface area contributed by atoms with Crippen molar-refractivity contribution in [1.82, 2.24) is 25.5 Å². The Kier molecular flexibility index (Phi) is 5.97. The summed E-state index contributed by atoms with van der Waals surface area (Å²) in [5, 5.41) is 12.9. The topological polar surface area (TPSA) is 84.8 Å². The Morgan fingerprint density at radius 1 is 1.22 bits per heavy atom. The lowest BCUT2D eigenvalue weighted by Gasteiger charge is -2.10. The first kappa shape index (κ1) is 18.8. The third-order valence-corrected chi connectivity index (χ3v) is 4.32. The number of carbonyl (C=O) groups excluding carboxylic acids is 1. The maximum absolute atomic E-state index is 12.2. The number of aromatic nitrogens is 4. The van der Waals surface area contributed by atoms with E-state index in [2.05, 4.69) is 33.8 Å². The molecule has 0 fully saturated rings. The molecule has 0 atom stereocenters. The first-order chi connectivity index (χ1) is 13.0. The Morgan fingerprint density at radius 3 is 2.67 bits per heavy atom. The Hall–Kier alpha value is -3.00. The quantitative estimate of drug-likeness (QED) is 0.484. The highest BCUT2D eigenvalue weighted by molar-refractivity contribution is 7.71. The molecule has 8 heteroatoms. The number of aryl methyl sites for hydroxylation is 2. The van der Waals surface area contributed by atoms with Crippen molar-refractivity contribution in [2.75, 3.05) is 13.2 Å². The van der Waals surface area contributed by atoms with E-state index >= 15 is 0 Å². The minimum absolute atomic E-state index is 0.126. The number of benzene rings is 2. The van der Waals surface area contributed by atoms with Gasteiger partial charge in [-0.25, -0.2) is 4.68 Å². The van der Waals surface area contributed by atoms with Crippen molar-refractivity contribution in [3.63, 3.8) is 0 Å². The molecule has 2 N–H and O–H groups in total. The molecule has 3 rings (SSSR count). The zero-order valence-corrected chi connectivity index (χ0v) is 16.0. The van der Waals surface area contributed by atoms with Crippen molar-refractivity contribution in [3.05, 3.63) is 63.9 Å². The van der Waals surface area contributed by atoms with Crippen LogP contribution in [0.1, 0.15) is 27.9 Å². The number of rotatable bonds is 7. The van der Waals surface area contributed by atoms with Gasteiger partial charge in [-0.15, -0.1) is 0 Å². The molecule has 1 amide bonds. The predicted molar refractivity (Wildman–Crippen MR) is 105 cm³/mol. The zero-order valence-electron chi connectivity index (χ0n) is 15.2. The molecule has 0 unspecified atom stereocenters. The van der Waals surface area contributed by atoms with Crippen LogP contribution >= 0.6 is 12.2 Å². The van der Waals surface area contributed by atoms with E-state index in [-0.39, 0.29) is 5.91 Å². The lowest BCUT2D eigenvalue weighted by atomic mass is 10.1. The first-order valence-electron chi connectivity index (χ1n) is 8.63. The van der Waals surface area contributed by atoms with Crippen LogP contribution in [0.3, 0.4) is 0 Å². The summed E-state index contributed by atoms with van der Waals surface area (Å²) in [6.45, 7) is 5.18. The summed E-state index contributed by atoms with van der Waals surface area (Å²) in [5.74, 6) is 0.758. The van der Waals surface area contributed by atoms with Gasteiger partial charge in [-0.05, 0) is 68.4 Å². The van der Waals surface area contributed by atoms with Crippen LogP contribution in [0, 0.1) is 18.6 Å². The molecule has 1 aromatic heterocycles. The number of ether oxygens (including phenoxy) is 1. The van der Waals surface area contributed by atoms with Gasteiger partial charge in [0.05, 0.1) is 12.3 Å². The Morgan fingerprint density at radius 2 is 2.00 bits per heavy atom. The fourth-order valence-electron chi connectivity index (χ4n) is 2.65. The number of tetrazole rings is 1. The number of hydrogen-bond donors (Lipinski definition) is 2. The van der Waals surface area contributed by atoms with E-state index in [1.165, 1.54) is 5.56 Å². The number of aromatic amines is 1. The number of amides is 1. The average molecular weight is 383 g/mol. The number of hydrogen-bond acceptors (Lipinski definition) is 5. The van der Waals surface area contributed by atoms with Crippen molar-refractivity contribution in [1.29, 1.82) is 0 Å². The van der Waals surface area contributed by atoms with E-state index in [9.17, 15) is 4.79 Å². The highest BCUT2D eigenvalue weighted by Crippen LogP contribution is 2.18. The van der Waals surface area contributed by atoms with Crippen LogP contribution < -0.4 is 10.1 Å². The fourth-order valence-corrected chi connectivity index (χ4v) is 2.83. The Labute approximate surface area is 162 Å². The lowest BCUT2D eigenvalue weighted by molar-refractivity contribution is 0.0951. The molecule has 140 valence electrons. The lowest BCUT2D eigenvalue weighted by Crippen LogP contribution is -2.25. The van der Waals surface area contributed by atoms with E-state index in [0.717, 1.165) is 23.4 Å². The van der Waals surface area contributed by atoms with Gasteiger partial charge in [0.15, 0.2) is 0 Å². The van der Waals surface area contributed by atoms with Gasteiger partial charge in [0.1, 0.15) is 5.75 Å². The average Bonchev–Trinajstić information content (AvgIpc) is 3.09. The minimum Gasteiger partial charge on any atom is -0.493 e. The number of nitrogens with zero attached hydrogens (tertiary/aromatic N) is 3. The normalized spacial score (nSPS) is 10.6. The summed E-state index contributed by atoms with van der Waals surface area (Å²) in [5.41, 5.74) is 3.67. The van der Waals surface area contributed by atoms with Crippen LogP contribution in [-0.4, -0.2) is 39.3 Å². The Bertz CT molecular complexity index is 978. The SMILES string of the molecule is Cc1ccc(OCCCNC(=O)c2ccc(-n3[nH]nnc3=S)cc2)c(C)c1. The van der Waals surface area contributed by atoms with Gasteiger partial charge in [0, 0.05) is 12.1 Å². The summed E-state index contributed by atoms with van der Waals surface area (Å²) in [4.78, 5) is 12.2. The van der Waals surface area contributed by atoms with Gasteiger partial charge in [-0.1, -0.05) is 28.0 Å². The molecule has 7 nitrogen and oxygen atoms in total. The zero-order chi connectivity index (χ0) is 19.2. The van der Waals surface area contributed by atoms with Crippen molar-refractivity contribution in [3.8, 4) is 11.4 Å². The summed E-state index contributed by atoms with van der Waals surface area (Å²) in [7, 11) is 0. The molecule has 3 aromatic rings. The third-order valence-electron chi connectivity index (χ3n) is 4.05. The highest BCUT2D eigenvalue weighted by Gasteiger charge is 2.06. The number of carbonyl (C=O) groups is 1. The molecule has 0 aliphatic carbocycles. The van der Waals surface area contributed by atoms with Crippen molar-refractivity contribution in [2.45, 2.75) is 20.3 Å². The molecule has 0 saturated heterocycles. The van der Waals surface area contributed by atoms with E-state index < -0.39 is 0 Å². The fraction of sp³-hybridized carbons (Fsp3) is 0.263. The van der Waals surface area contributed by atoms with Crippen LogP contribution in [0.25, 0.3) is 5.69 Å². The van der Waals surface area contributed by atoms with E-state index in [0.29, 0.717) is 23.5 Å². The van der Waals surface area contributed by atoms with Crippen LogP contribution in [0.2, 0.25) is 0 Å². The maximum Gasteiger partial charge on any atom is 0.251 e. The molecular weight excluding hydrogens is 362 g/mol. The van der Waals surface area contributed by atoms with Gasteiger partial charge in [-0.3, -0.25) is 4.79 Å². The first-order valence-corrected chi connectivity index (χ1v) is 9.04. The van der Waals surface area contributed by atoms with Crippen LogP contribution in [0.5, 0.6) is 5.75 Å². The summed E-state index contributed by atoms with van der Waals surface area (Å²) < 4.78 is 7.65. The summed E-state index contributed by atoms with van der Waals surface area (Å²) >= 11 is 5.05. The molecule has 27 heavy (non-hydrogen) atoms. The molecule has 0 radical (unpaired) electrons. The van der Waals surface area contributed by atoms with Crippen molar-refractivity contribution >= 4 is 18.1 Å². The number of H-pyrrole nitrogens is 1. The molecular formula is C19H21N5O2S. The second kappa shape index (κ2) is 8.59.